The van der Waals surface area contributed by atoms with E-state index in [1.54, 1.807) is 7.05 Å². The van der Waals surface area contributed by atoms with Crippen LogP contribution in [0.25, 0.3) is 11.4 Å². The molecule has 0 amide bonds. The molecule has 0 bridgehead atoms. The van der Waals surface area contributed by atoms with Crippen LogP contribution in [-0.2, 0) is 6.54 Å². The fourth-order valence-electron chi connectivity index (χ4n) is 3.06. The zero-order chi connectivity index (χ0) is 19.1. The van der Waals surface area contributed by atoms with E-state index in [0.717, 1.165) is 44.0 Å². The molecule has 1 aromatic carbocycles. The molecule has 1 aliphatic rings. The number of benzene rings is 1. The van der Waals surface area contributed by atoms with Gasteiger partial charge in [0.25, 0.3) is 0 Å². The third-order valence-electron chi connectivity index (χ3n) is 4.50. The third-order valence-corrected chi connectivity index (χ3v) is 4.73. The van der Waals surface area contributed by atoms with Crippen LogP contribution in [0.15, 0.2) is 46.4 Å². The topological polar surface area (TPSA) is 78.6 Å². The molecule has 0 unspecified atom stereocenters. The molecule has 1 aromatic heterocycles. The molecule has 2 heterocycles. The van der Waals surface area contributed by atoms with E-state index < -0.39 is 0 Å². The average Bonchev–Trinajstić information content (AvgIpc) is 3.16. The summed E-state index contributed by atoms with van der Waals surface area (Å²) in [6.07, 6.45) is 4.11. The van der Waals surface area contributed by atoms with E-state index >= 15 is 0 Å². The number of rotatable bonds is 6. The van der Waals surface area contributed by atoms with Gasteiger partial charge in [-0.25, -0.2) is 0 Å². The second-order valence-corrected chi connectivity index (χ2v) is 6.89. The van der Waals surface area contributed by atoms with Crippen LogP contribution in [0.5, 0.6) is 0 Å². The molecule has 1 aliphatic heterocycles. The van der Waals surface area contributed by atoms with Crippen molar-refractivity contribution in [1.29, 1.82) is 0 Å². The highest BCUT2D eigenvalue weighted by Gasteiger charge is 2.19. The maximum Gasteiger partial charge on any atom is 0.246 e. The third kappa shape index (κ3) is 5.55. The predicted octanol–water partition coefficient (Wildman–Crippen LogP) is 2.71. The van der Waals surface area contributed by atoms with Gasteiger partial charge in [0.1, 0.15) is 0 Å². The minimum Gasteiger partial charge on any atom is -0.354 e. The smallest absolute Gasteiger partial charge is 0.246 e. The quantitative estimate of drug-likeness (QED) is 0.450. The summed E-state index contributed by atoms with van der Waals surface area (Å²) in [5.41, 5.74) is 0.825. The standard InChI is InChI=1S/C19H25ClN6O/c1-3-9-26-10-7-16(8-11-26)23-19(21-2)22-13-17-24-18(25-27-17)14-5-4-6-15(20)12-14/h3-6,12,16H,1,7-11,13H2,2H3,(H2,21,22,23). The first kappa shape index (κ1) is 19.4. The van der Waals surface area contributed by atoms with Crippen molar-refractivity contribution in [3.05, 3.63) is 47.8 Å². The number of aromatic nitrogens is 2. The summed E-state index contributed by atoms with van der Waals surface area (Å²) in [5.74, 6) is 1.75. The number of nitrogens with one attached hydrogen (secondary N) is 2. The van der Waals surface area contributed by atoms with Gasteiger partial charge >= 0.3 is 0 Å². The Morgan fingerprint density at radius 1 is 1.44 bits per heavy atom. The summed E-state index contributed by atoms with van der Waals surface area (Å²) >= 11 is 6.01. The summed E-state index contributed by atoms with van der Waals surface area (Å²) < 4.78 is 5.32. The van der Waals surface area contributed by atoms with Gasteiger partial charge in [0.2, 0.25) is 11.7 Å². The molecule has 0 spiro atoms. The van der Waals surface area contributed by atoms with Crippen LogP contribution in [0.2, 0.25) is 5.02 Å². The Morgan fingerprint density at radius 2 is 2.26 bits per heavy atom. The van der Waals surface area contributed by atoms with Gasteiger partial charge in [-0.15, -0.1) is 6.58 Å². The number of guanidine groups is 1. The lowest BCUT2D eigenvalue weighted by Crippen LogP contribution is -2.48. The van der Waals surface area contributed by atoms with Crippen LogP contribution >= 0.6 is 11.6 Å². The molecule has 8 heteroatoms. The predicted molar refractivity (Wildman–Crippen MR) is 108 cm³/mol. The molecule has 0 atom stereocenters. The van der Waals surface area contributed by atoms with Crippen molar-refractivity contribution >= 4 is 17.6 Å². The molecule has 7 nitrogen and oxygen atoms in total. The highest BCUT2D eigenvalue weighted by atomic mass is 35.5. The number of nitrogens with zero attached hydrogens (tertiary/aromatic N) is 4. The lowest BCUT2D eigenvalue weighted by molar-refractivity contribution is 0.225. The van der Waals surface area contributed by atoms with Gasteiger partial charge in [0.05, 0.1) is 6.54 Å². The Balaban J connectivity index is 1.49. The van der Waals surface area contributed by atoms with Gasteiger partial charge in [-0.1, -0.05) is 35.0 Å². The van der Waals surface area contributed by atoms with Crippen molar-refractivity contribution in [2.75, 3.05) is 26.7 Å². The molecule has 1 fully saturated rings. The zero-order valence-electron chi connectivity index (χ0n) is 15.5. The largest absolute Gasteiger partial charge is 0.354 e. The number of likely N-dealkylation sites (tertiary alicyclic amines) is 1. The van der Waals surface area contributed by atoms with Crippen molar-refractivity contribution < 1.29 is 4.52 Å². The minimum absolute atomic E-state index is 0.405. The van der Waals surface area contributed by atoms with E-state index in [-0.39, 0.29) is 0 Å². The molecule has 3 rings (SSSR count). The summed E-state index contributed by atoms with van der Waals surface area (Å²) in [4.78, 5) is 11.1. The van der Waals surface area contributed by atoms with Crippen LogP contribution in [-0.4, -0.2) is 53.7 Å². The fourth-order valence-corrected chi connectivity index (χ4v) is 3.25. The first-order chi connectivity index (χ1) is 13.2. The summed E-state index contributed by atoms with van der Waals surface area (Å²) in [5, 5.41) is 11.3. The Labute approximate surface area is 164 Å². The summed E-state index contributed by atoms with van der Waals surface area (Å²) in [6, 6.07) is 7.78. The van der Waals surface area contributed by atoms with Gasteiger partial charge in [0, 0.05) is 43.3 Å². The Bertz CT molecular complexity index is 782. The highest BCUT2D eigenvalue weighted by molar-refractivity contribution is 6.30. The van der Waals surface area contributed by atoms with Crippen LogP contribution in [0.4, 0.5) is 0 Å². The number of hydrogen-bond donors (Lipinski definition) is 2. The van der Waals surface area contributed by atoms with E-state index in [1.165, 1.54) is 0 Å². The SMILES string of the molecule is C=CCN1CCC(NC(=NC)NCc2nc(-c3cccc(Cl)c3)no2)CC1. The van der Waals surface area contributed by atoms with E-state index in [0.29, 0.717) is 29.3 Å². The van der Waals surface area contributed by atoms with Crippen molar-refractivity contribution in [2.45, 2.75) is 25.4 Å². The maximum absolute atomic E-state index is 6.01. The molecule has 0 aliphatic carbocycles. The zero-order valence-corrected chi connectivity index (χ0v) is 16.2. The van der Waals surface area contributed by atoms with E-state index in [4.69, 9.17) is 16.1 Å². The Morgan fingerprint density at radius 3 is 2.96 bits per heavy atom. The molecule has 2 N–H and O–H groups in total. The number of hydrogen-bond acceptors (Lipinski definition) is 5. The molecule has 27 heavy (non-hydrogen) atoms. The van der Waals surface area contributed by atoms with Gasteiger partial charge in [-0.3, -0.25) is 9.89 Å². The number of aliphatic imine (C=N–C) groups is 1. The molecule has 1 saturated heterocycles. The van der Waals surface area contributed by atoms with Gasteiger partial charge in [-0.2, -0.15) is 4.98 Å². The lowest BCUT2D eigenvalue weighted by atomic mass is 10.1. The molecule has 0 saturated carbocycles. The highest BCUT2D eigenvalue weighted by Crippen LogP contribution is 2.19. The van der Waals surface area contributed by atoms with Crippen LogP contribution in [0.1, 0.15) is 18.7 Å². The molecular weight excluding hydrogens is 364 g/mol. The van der Waals surface area contributed by atoms with Crippen molar-refractivity contribution in [3.63, 3.8) is 0 Å². The van der Waals surface area contributed by atoms with E-state index in [2.05, 4.69) is 37.2 Å². The van der Waals surface area contributed by atoms with E-state index in [1.807, 2.05) is 30.3 Å². The normalized spacial score (nSPS) is 16.3. The number of halogens is 1. The van der Waals surface area contributed by atoms with Crippen LogP contribution < -0.4 is 10.6 Å². The Hall–Kier alpha value is -2.38. The van der Waals surface area contributed by atoms with Crippen LogP contribution in [0, 0.1) is 0 Å². The van der Waals surface area contributed by atoms with Crippen LogP contribution in [0.3, 0.4) is 0 Å². The number of piperidine rings is 1. The summed E-state index contributed by atoms with van der Waals surface area (Å²) in [6.45, 7) is 7.28. The van der Waals surface area contributed by atoms with Crippen molar-refractivity contribution in [3.8, 4) is 11.4 Å². The van der Waals surface area contributed by atoms with Crippen molar-refractivity contribution in [1.82, 2.24) is 25.7 Å². The van der Waals surface area contributed by atoms with Gasteiger partial charge < -0.3 is 15.2 Å². The minimum atomic E-state index is 0.405. The van der Waals surface area contributed by atoms with Gasteiger partial charge in [-0.05, 0) is 25.0 Å². The lowest BCUT2D eigenvalue weighted by Gasteiger charge is -2.32. The van der Waals surface area contributed by atoms with Crippen molar-refractivity contribution in [2.24, 2.45) is 4.99 Å². The summed E-state index contributed by atoms with van der Waals surface area (Å²) in [7, 11) is 1.76. The maximum atomic E-state index is 6.01. The fraction of sp³-hybridized carbons (Fsp3) is 0.421. The second-order valence-electron chi connectivity index (χ2n) is 6.46. The average molecular weight is 389 g/mol. The van der Waals surface area contributed by atoms with Gasteiger partial charge in [0.15, 0.2) is 5.96 Å². The molecule has 144 valence electrons. The molecule has 2 aromatic rings. The monoisotopic (exact) mass is 388 g/mol. The first-order valence-corrected chi connectivity index (χ1v) is 9.44. The first-order valence-electron chi connectivity index (χ1n) is 9.07. The second kappa shape index (κ2) is 9.53. The Kier molecular flexibility index (Phi) is 6.84. The molecule has 0 radical (unpaired) electrons. The van der Waals surface area contributed by atoms with E-state index in [9.17, 15) is 0 Å². The molecular formula is C19H25ClN6O.